The van der Waals surface area contributed by atoms with Gasteiger partial charge in [0.05, 0.1) is 37.7 Å². The molecule has 0 spiro atoms. The summed E-state index contributed by atoms with van der Waals surface area (Å²) in [6, 6.07) is -14.4. The Bertz CT molecular complexity index is 2360. The Kier molecular flexibility index (Phi) is 40.3. The van der Waals surface area contributed by atoms with Crippen LogP contribution in [0.25, 0.3) is 0 Å². The number of primary amides is 3. The molecule has 0 aliphatic carbocycles. The van der Waals surface area contributed by atoms with Crippen molar-refractivity contribution in [2.24, 2.45) is 17.2 Å². The predicted octanol–water partition coefficient (Wildman–Crippen LogP) is -3.18. The van der Waals surface area contributed by atoms with E-state index in [1.165, 1.54) is 0 Å². The van der Waals surface area contributed by atoms with Crippen LogP contribution >= 0.6 is 0 Å². The Morgan fingerprint density at radius 2 is 0.889 bits per heavy atom. The average molecular weight is 1280 g/mol. The van der Waals surface area contributed by atoms with Crippen molar-refractivity contribution in [1.29, 1.82) is 0 Å². The average Bonchev–Trinajstić information content (AvgIpc) is 2.80. The Labute approximate surface area is 526 Å². The van der Waals surface area contributed by atoms with Crippen LogP contribution in [0, 0.1) is 0 Å². The predicted molar refractivity (Wildman–Crippen MR) is 326 cm³/mol. The van der Waals surface area contributed by atoms with Gasteiger partial charge in [-0.2, -0.15) is 0 Å². The number of unbranched alkanes of at least 4 members (excludes halogenated alkanes) is 13. The molecule has 0 aromatic heterocycles. The third kappa shape index (κ3) is 34.6. The monoisotopic (exact) mass is 1280 g/mol. The van der Waals surface area contributed by atoms with Gasteiger partial charge in [0.1, 0.15) is 60.2 Å². The minimum atomic E-state index is -2.15. The van der Waals surface area contributed by atoms with Crippen LogP contribution in [0.5, 0.6) is 0 Å². The topological polar surface area (TPSA) is 518 Å². The van der Waals surface area contributed by atoms with Crippen molar-refractivity contribution in [1.82, 2.24) is 53.2 Å². The number of Topliss-reactive ketones (excluding diaryl/α,β-unsaturated/α-hetero) is 1. The molecular weight excluding hydrogens is 1180 g/mol. The summed E-state index contributed by atoms with van der Waals surface area (Å²) in [5.41, 5.74) is 16.1. The van der Waals surface area contributed by atoms with E-state index in [0.29, 0.717) is 57.8 Å². The Hall–Kier alpha value is -7.38. The highest BCUT2D eigenvalue weighted by Gasteiger charge is 2.38. The summed E-state index contributed by atoms with van der Waals surface area (Å²) >= 11 is 0. The molecule has 1 aliphatic rings. The Morgan fingerprint density at radius 3 is 1.42 bits per heavy atom. The maximum absolute atomic E-state index is 14.1. The van der Waals surface area contributed by atoms with Crippen LogP contribution in [-0.4, -0.2) is 189 Å². The summed E-state index contributed by atoms with van der Waals surface area (Å²) in [5.74, 6) is -14.8. The summed E-state index contributed by atoms with van der Waals surface area (Å²) in [7, 11) is 0. The number of aliphatic hydroxyl groups is 4. The fraction of sp³-hybridized carbons (Fsp3) is 0.763. The van der Waals surface area contributed by atoms with Crippen LogP contribution in [-0.2, 0) is 67.1 Å². The van der Waals surface area contributed by atoms with Crippen molar-refractivity contribution in [2.45, 2.75) is 274 Å². The lowest BCUT2D eigenvalue weighted by atomic mass is 10.0. The number of hydrogen-bond donors (Lipinski definition) is 17. The van der Waals surface area contributed by atoms with Gasteiger partial charge in [0.2, 0.25) is 76.8 Å². The first-order valence-electron chi connectivity index (χ1n) is 31.6. The zero-order valence-electron chi connectivity index (χ0n) is 53.0. The molecular formula is C59H103N13O18. The second-order valence-corrected chi connectivity index (χ2v) is 23.2. The smallest absolute Gasteiger partial charge is 0.246 e. The van der Waals surface area contributed by atoms with E-state index in [1.807, 2.05) is 0 Å². The lowest BCUT2D eigenvalue weighted by Crippen LogP contribution is -2.63. The minimum Gasteiger partial charge on any atom is -0.393 e. The first-order chi connectivity index (χ1) is 42.5. The maximum atomic E-state index is 14.1. The van der Waals surface area contributed by atoms with Gasteiger partial charge in [-0.3, -0.25) is 67.1 Å². The van der Waals surface area contributed by atoms with E-state index in [4.69, 9.17) is 17.2 Å². The van der Waals surface area contributed by atoms with Crippen LogP contribution in [0.1, 0.15) is 202 Å². The lowest BCUT2D eigenvalue weighted by molar-refractivity contribution is -0.139. The third-order valence-electron chi connectivity index (χ3n) is 14.9. The molecule has 31 nitrogen and oxygen atoms in total. The van der Waals surface area contributed by atoms with Crippen molar-refractivity contribution >= 4 is 82.6 Å². The molecule has 0 unspecified atom stereocenters. The summed E-state index contributed by atoms with van der Waals surface area (Å²) in [5, 5.41) is 66.0. The van der Waals surface area contributed by atoms with Gasteiger partial charge in [0.25, 0.3) is 0 Å². The van der Waals surface area contributed by atoms with Gasteiger partial charge in [0, 0.05) is 32.2 Å². The molecule has 20 N–H and O–H groups in total. The normalized spacial score (nSPS) is 23.4. The zero-order valence-corrected chi connectivity index (χ0v) is 53.0. The quantitative estimate of drug-likeness (QED) is 0.0288. The van der Waals surface area contributed by atoms with Crippen LogP contribution < -0.4 is 70.4 Å². The van der Waals surface area contributed by atoms with E-state index in [-0.39, 0.29) is 31.6 Å². The molecule has 0 radical (unpaired) electrons. The Balaban J connectivity index is 3.79. The minimum absolute atomic E-state index is 0.0345. The molecule has 12 atom stereocenters. The van der Waals surface area contributed by atoms with Gasteiger partial charge in [-0.1, -0.05) is 104 Å². The first-order valence-corrected chi connectivity index (χ1v) is 31.6. The molecule has 1 saturated heterocycles. The SMILES string of the molecule is CCCCCCCCC[C@H](O)CC[C@H]1NC(=O)[C@H]([C@@H](C)O)NC(=O)[C@@H]([C@@H](C)O)NC(=O)[C@H](C[C@@H](O)C(N)=O)NC(=O)[C@@H](C)NC(=O)[C@H](CC(N)=O)NC(=O)[C@@H](CC(N)=O)NC(=O)[C@@H](CCCCCCCC(=O)CCCCCC)NC(=O)CCNC(=O)CNC1=O. The molecule has 90 heavy (non-hydrogen) atoms. The zero-order chi connectivity index (χ0) is 67.9. The highest BCUT2D eigenvalue weighted by molar-refractivity contribution is 6.00. The molecule has 31 heteroatoms. The van der Waals surface area contributed by atoms with E-state index in [2.05, 4.69) is 67.0 Å². The number of aliphatic hydroxyl groups excluding tert-OH is 4. The number of carbonyl (C=O) groups excluding carboxylic acids is 14. The van der Waals surface area contributed by atoms with Crippen LogP contribution in [0.2, 0.25) is 0 Å². The van der Waals surface area contributed by atoms with Gasteiger partial charge in [-0.25, -0.2) is 0 Å². The summed E-state index contributed by atoms with van der Waals surface area (Å²) < 4.78 is 0. The van der Waals surface area contributed by atoms with Crippen molar-refractivity contribution in [2.75, 3.05) is 13.1 Å². The molecule has 1 rings (SSSR count). The standard InChI is InChI=1S/C59H103N13O18/c1-6-8-10-12-13-15-20-24-38(76)26-27-40-53(84)64-33-48(81)63-29-28-47(80)66-39(25-21-17-14-16-19-23-37(75)22-18-11-9-7-2)54(85)69-43(32-46(61)79)56(87)70-42(31-45(60)78)55(86)65-34(3)52(83)68-41(30-44(77)51(62)82)57(88)71-50(36(5)74)59(90)72-49(35(4)73)58(89)67-40/h34-36,38-44,49-50,73-74,76-77H,6-33H2,1-5H3,(H2,60,78)(H2,61,79)(H2,62,82)(H,63,81)(H,64,84)(H,65,86)(H,66,80)(H,67,89)(H,68,83)(H,69,85)(H,70,87)(H,71,88)(H,72,90)/t34-,35-,36-,38+,39-,40-,41+,42+,43-,44-,49+,50-/m1/s1. The van der Waals surface area contributed by atoms with E-state index >= 15 is 0 Å². The van der Waals surface area contributed by atoms with E-state index < -0.39 is 182 Å². The number of nitrogens with one attached hydrogen (secondary N) is 10. The molecule has 0 aromatic carbocycles. The van der Waals surface area contributed by atoms with E-state index in [1.54, 1.807) is 0 Å². The van der Waals surface area contributed by atoms with Gasteiger partial charge >= 0.3 is 0 Å². The number of nitrogens with two attached hydrogens (primary N) is 3. The number of hydrogen-bond acceptors (Lipinski definition) is 18. The van der Waals surface area contributed by atoms with E-state index in [9.17, 15) is 87.5 Å². The number of ketones is 1. The molecule has 1 heterocycles. The third-order valence-corrected chi connectivity index (χ3v) is 14.9. The second-order valence-electron chi connectivity index (χ2n) is 23.2. The first kappa shape index (κ1) is 80.6. The highest BCUT2D eigenvalue weighted by Crippen LogP contribution is 2.16. The molecule has 0 bridgehead atoms. The van der Waals surface area contributed by atoms with Gasteiger partial charge in [-0.15, -0.1) is 0 Å². The number of carbonyl (C=O) groups is 14. The Morgan fingerprint density at radius 1 is 0.456 bits per heavy atom. The summed E-state index contributed by atoms with van der Waals surface area (Å²) in [6.07, 6.45) is 4.56. The fourth-order valence-electron chi connectivity index (χ4n) is 9.57. The largest absolute Gasteiger partial charge is 0.393 e. The maximum Gasteiger partial charge on any atom is 0.246 e. The lowest BCUT2D eigenvalue weighted by Gasteiger charge is -2.29. The summed E-state index contributed by atoms with van der Waals surface area (Å²) in [4.78, 5) is 187. The van der Waals surface area contributed by atoms with Gasteiger partial charge in [-0.05, 0) is 59.3 Å². The van der Waals surface area contributed by atoms with E-state index in [0.717, 1.165) is 85.0 Å². The molecule has 13 amide bonds. The number of amides is 13. The molecule has 0 saturated carbocycles. The molecule has 512 valence electrons. The number of rotatable bonds is 33. The van der Waals surface area contributed by atoms with Crippen molar-refractivity contribution in [3.05, 3.63) is 0 Å². The van der Waals surface area contributed by atoms with Crippen molar-refractivity contribution in [3.8, 4) is 0 Å². The second kappa shape index (κ2) is 45.0. The van der Waals surface area contributed by atoms with Gasteiger partial charge < -0.3 is 90.8 Å². The van der Waals surface area contributed by atoms with Gasteiger partial charge in [0.15, 0.2) is 0 Å². The van der Waals surface area contributed by atoms with Crippen LogP contribution in [0.15, 0.2) is 0 Å². The fourth-order valence-corrected chi connectivity index (χ4v) is 9.57. The molecule has 1 fully saturated rings. The van der Waals surface area contributed by atoms with Crippen LogP contribution in [0.3, 0.4) is 0 Å². The summed E-state index contributed by atoms with van der Waals surface area (Å²) in [6.45, 7) is 6.27. The molecule has 0 aromatic rings. The van der Waals surface area contributed by atoms with Crippen LogP contribution in [0.4, 0.5) is 0 Å². The van der Waals surface area contributed by atoms with Crippen molar-refractivity contribution in [3.63, 3.8) is 0 Å². The highest BCUT2D eigenvalue weighted by atomic mass is 16.3. The molecule has 1 aliphatic heterocycles. The van der Waals surface area contributed by atoms with Crippen molar-refractivity contribution < 1.29 is 87.5 Å².